The summed E-state index contributed by atoms with van der Waals surface area (Å²) in [5, 5.41) is 4.95. The molecule has 4 atom stereocenters. The summed E-state index contributed by atoms with van der Waals surface area (Å²) in [4.78, 5) is 57.8. The van der Waals surface area contributed by atoms with Crippen LogP contribution in [0.5, 0.6) is 0 Å². The van der Waals surface area contributed by atoms with Crippen LogP contribution in [0, 0.1) is 11.3 Å². The summed E-state index contributed by atoms with van der Waals surface area (Å²) in [6.07, 6.45) is 5.31. The molecular formula is C31H42BrN5O7S. The fourth-order valence-corrected chi connectivity index (χ4v) is 7.71. The molecule has 4 aliphatic rings. The van der Waals surface area contributed by atoms with E-state index in [4.69, 9.17) is 4.74 Å². The molecule has 1 aromatic carbocycles. The Morgan fingerprint density at radius 2 is 1.73 bits per heavy atom. The summed E-state index contributed by atoms with van der Waals surface area (Å²) in [6.45, 7) is 9.38. The average molecular weight is 709 g/mol. The lowest BCUT2D eigenvalue weighted by molar-refractivity contribution is -0.142. The molecule has 0 aromatic heterocycles. The third-order valence-corrected chi connectivity index (χ3v) is 11.4. The van der Waals surface area contributed by atoms with E-state index in [0.29, 0.717) is 12.8 Å². The van der Waals surface area contributed by atoms with Crippen molar-refractivity contribution in [2.75, 3.05) is 18.1 Å². The van der Waals surface area contributed by atoms with E-state index < -0.39 is 68.0 Å². The van der Waals surface area contributed by atoms with Crippen LogP contribution in [0.4, 0.5) is 10.5 Å². The maximum absolute atomic E-state index is 14.3. The second-order valence-corrected chi connectivity index (χ2v) is 16.5. The van der Waals surface area contributed by atoms with Crippen molar-refractivity contribution in [1.29, 1.82) is 0 Å². The lowest BCUT2D eigenvalue weighted by atomic mass is 9.85. The zero-order valence-corrected chi connectivity index (χ0v) is 28.3. The predicted molar refractivity (Wildman–Crippen MR) is 171 cm³/mol. The number of nitrogens with zero attached hydrogens (tertiary/aromatic N) is 2. The second-order valence-electron chi connectivity index (χ2n) is 13.6. The van der Waals surface area contributed by atoms with Crippen LogP contribution in [0.2, 0.25) is 0 Å². The highest BCUT2D eigenvalue weighted by molar-refractivity contribution is 9.10. The van der Waals surface area contributed by atoms with Gasteiger partial charge in [0.05, 0.1) is 11.9 Å². The highest BCUT2D eigenvalue weighted by atomic mass is 79.9. The minimum absolute atomic E-state index is 0.0463. The Labute approximate surface area is 272 Å². The average Bonchev–Trinajstić information content (AvgIpc) is 3.84. The van der Waals surface area contributed by atoms with Gasteiger partial charge in [0.1, 0.15) is 23.7 Å². The van der Waals surface area contributed by atoms with E-state index in [1.165, 1.54) is 11.0 Å². The van der Waals surface area contributed by atoms with Crippen molar-refractivity contribution in [3.8, 4) is 0 Å². The summed E-state index contributed by atoms with van der Waals surface area (Å²) >= 11 is 3.43. The minimum Gasteiger partial charge on any atom is -0.446 e. The van der Waals surface area contributed by atoms with E-state index >= 15 is 0 Å². The van der Waals surface area contributed by atoms with E-state index in [2.05, 4.69) is 37.9 Å². The number of ether oxygens (including phenoxy) is 1. The normalized spacial score (nSPS) is 25.8. The fourth-order valence-electron chi connectivity index (χ4n) is 6.08. The molecule has 3 saturated carbocycles. The first-order chi connectivity index (χ1) is 21.1. The monoisotopic (exact) mass is 707 g/mol. The quantitative estimate of drug-likeness (QED) is 0.314. The number of halogens is 1. The molecule has 0 radical (unpaired) electrons. The number of hydrogen-bond donors (Lipinski definition) is 3. The van der Waals surface area contributed by atoms with Crippen LogP contribution in [-0.2, 0) is 29.1 Å². The molecule has 1 aliphatic heterocycles. The van der Waals surface area contributed by atoms with Gasteiger partial charge in [0.25, 0.3) is 5.91 Å². The van der Waals surface area contributed by atoms with Crippen molar-refractivity contribution >= 4 is 55.5 Å². The van der Waals surface area contributed by atoms with Gasteiger partial charge in [-0.3, -0.25) is 19.1 Å². The molecule has 0 bridgehead atoms. The third kappa shape index (κ3) is 7.32. The number of carbonyl (C=O) groups excluding carboxylic acids is 4. The smallest absolute Gasteiger partial charge is 0.408 e. The molecule has 4 amide bonds. The maximum atomic E-state index is 14.3. The van der Waals surface area contributed by atoms with Crippen molar-refractivity contribution < 1.29 is 32.3 Å². The van der Waals surface area contributed by atoms with Crippen LogP contribution in [0.1, 0.15) is 65.7 Å². The van der Waals surface area contributed by atoms with Gasteiger partial charge in [0, 0.05) is 22.6 Å². The summed E-state index contributed by atoms with van der Waals surface area (Å²) in [7, 11) is -3.85. The van der Waals surface area contributed by atoms with Crippen molar-refractivity contribution in [2.45, 2.75) is 94.7 Å². The zero-order valence-electron chi connectivity index (χ0n) is 25.9. The first-order valence-electron chi connectivity index (χ1n) is 15.4. The van der Waals surface area contributed by atoms with E-state index in [0.717, 1.165) is 35.8 Å². The second kappa shape index (κ2) is 12.6. The first kappa shape index (κ1) is 33.2. The molecule has 3 aliphatic carbocycles. The van der Waals surface area contributed by atoms with Crippen molar-refractivity contribution in [3.63, 3.8) is 0 Å². The molecule has 3 N–H and O–H groups in total. The Balaban J connectivity index is 1.39. The summed E-state index contributed by atoms with van der Waals surface area (Å²) < 4.78 is 33.8. The molecule has 0 spiro atoms. The van der Waals surface area contributed by atoms with Gasteiger partial charge in [0.15, 0.2) is 0 Å². The predicted octanol–water partition coefficient (Wildman–Crippen LogP) is 3.18. The molecular weight excluding hydrogens is 666 g/mol. The zero-order chi connectivity index (χ0) is 32.7. The SMILES string of the molecule is C=C[C@@H]1C[C@]1(NC(=O)[C@@H]1CN(c2ccc(Br)cc2)CN1C(=O)C(NC(=O)OC1CCCC1)C(C)(C)C)C(=O)NS(=O)(=O)C1CC1. The van der Waals surface area contributed by atoms with Crippen LogP contribution in [0.3, 0.4) is 0 Å². The Bertz CT molecular complexity index is 1450. The van der Waals surface area contributed by atoms with Gasteiger partial charge >= 0.3 is 6.09 Å². The molecule has 1 aromatic rings. The Morgan fingerprint density at radius 1 is 1.09 bits per heavy atom. The lowest BCUT2D eigenvalue weighted by Crippen LogP contribution is -2.60. The Morgan fingerprint density at radius 3 is 2.29 bits per heavy atom. The lowest BCUT2D eigenvalue weighted by Gasteiger charge is -2.35. The van der Waals surface area contributed by atoms with Gasteiger partial charge < -0.3 is 25.2 Å². The van der Waals surface area contributed by atoms with Gasteiger partial charge in [-0.1, -0.05) is 42.8 Å². The maximum Gasteiger partial charge on any atom is 0.408 e. The minimum atomic E-state index is -3.85. The number of amides is 4. The van der Waals surface area contributed by atoms with Crippen molar-refractivity contribution in [3.05, 3.63) is 41.4 Å². The molecule has 1 heterocycles. The number of benzene rings is 1. The molecule has 45 heavy (non-hydrogen) atoms. The van der Waals surface area contributed by atoms with Gasteiger partial charge in [-0.25, -0.2) is 13.2 Å². The number of rotatable bonds is 10. The van der Waals surface area contributed by atoms with Crippen LogP contribution >= 0.6 is 15.9 Å². The number of carbonyl (C=O) groups is 4. The summed E-state index contributed by atoms with van der Waals surface area (Å²) in [5.74, 6) is -2.36. The van der Waals surface area contributed by atoms with E-state index in [-0.39, 0.29) is 25.7 Å². The van der Waals surface area contributed by atoms with Crippen LogP contribution in [-0.4, -0.2) is 79.3 Å². The van der Waals surface area contributed by atoms with Crippen molar-refractivity contribution in [2.24, 2.45) is 11.3 Å². The van der Waals surface area contributed by atoms with Crippen molar-refractivity contribution in [1.82, 2.24) is 20.3 Å². The summed E-state index contributed by atoms with van der Waals surface area (Å²) in [5.41, 5.74) is -1.46. The van der Waals surface area contributed by atoms with Crippen LogP contribution in [0.25, 0.3) is 0 Å². The standard InChI is InChI=1S/C31H42BrN5O7S/c1-5-19-16-31(19,28(40)35-45(42,43)23-14-15-23)34-26(38)24-17-36(21-12-10-20(32)11-13-21)18-37(24)27(39)25(30(2,3)4)33-29(41)44-22-8-6-7-9-22/h5,10-13,19,22-25H,1,6-9,14-18H2,2-4H3,(H,33,41)(H,34,38)(H,35,40)/t19-,24+,25?,31-/m1/s1. The molecule has 12 nitrogen and oxygen atoms in total. The third-order valence-electron chi connectivity index (χ3n) is 9.07. The molecule has 14 heteroatoms. The number of sulfonamides is 1. The van der Waals surface area contributed by atoms with Crippen LogP contribution < -0.4 is 20.3 Å². The number of anilines is 1. The molecule has 246 valence electrons. The van der Waals surface area contributed by atoms with Gasteiger partial charge in [-0.2, -0.15) is 0 Å². The Hall–Kier alpha value is -3.13. The van der Waals surface area contributed by atoms with E-state index in [9.17, 15) is 27.6 Å². The first-order valence-corrected chi connectivity index (χ1v) is 17.8. The molecule has 4 fully saturated rings. The Kier molecular flexibility index (Phi) is 9.29. The largest absolute Gasteiger partial charge is 0.446 e. The summed E-state index contributed by atoms with van der Waals surface area (Å²) in [6, 6.07) is 5.36. The molecule has 5 rings (SSSR count). The van der Waals surface area contributed by atoms with Gasteiger partial charge in [0.2, 0.25) is 21.8 Å². The number of nitrogens with one attached hydrogen (secondary N) is 3. The van der Waals surface area contributed by atoms with Crippen LogP contribution in [0.15, 0.2) is 41.4 Å². The highest BCUT2D eigenvalue weighted by Crippen LogP contribution is 2.45. The topological polar surface area (TPSA) is 154 Å². The van der Waals surface area contributed by atoms with E-state index in [1.54, 1.807) is 0 Å². The van der Waals surface area contributed by atoms with E-state index in [1.807, 2.05) is 49.9 Å². The van der Waals surface area contributed by atoms with Gasteiger partial charge in [-0.15, -0.1) is 6.58 Å². The van der Waals surface area contributed by atoms with Gasteiger partial charge in [-0.05, 0) is 74.6 Å². The molecule has 1 saturated heterocycles. The fraction of sp³-hybridized carbons (Fsp3) is 0.613. The molecule has 1 unspecified atom stereocenters. The highest BCUT2D eigenvalue weighted by Gasteiger charge is 2.62. The number of hydrogen-bond acceptors (Lipinski definition) is 8. The number of alkyl carbamates (subject to hydrolysis) is 1.